The number of amides is 2. The molecule has 2 aliphatic rings. The number of nitrogens with zero attached hydrogens (tertiary/aromatic N) is 2. The third-order valence-corrected chi connectivity index (χ3v) is 8.87. The van der Waals surface area contributed by atoms with Crippen LogP contribution in [0.1, 0.15) is 63.0 Å². The monoisotopic (exact) mass is 589 g/mol. The summed E-state index contributed by atoms with van der Waals surface area (Å²) < 4.78 is 0. The molecule has 2 amide bonds. The summed E-state index contributed by atoms with van der Waals surface area (Å²) in [5.41, 5.74) is 18.2. The van der Waals surface area contributed by atoms with Crippen molar-refractivity contribution in [2.24, 2.45) is 11.5 Å². The van der Waals surface area contributed by atoms with Crippen LogP contribution in [0.3, 0.4) is 0 Å². The maximum Gasteiger partial charge on any atom is 0.248 e. The Kier molecular flexibility index (Phi) is 8.83. The van der Waals surface area contributed by atoms with Crippen LogP contribution in [0.5, 0.6) is 0 Å². The summed E-state index contributed by atoms with van der Waals surface area (Å²) in [4.78, 5) is 26.8. The number of carbonyl (C=O) groups excluding carboxylic acids is 2. The highest BCUT2D eigenvalue weighted by atomic mass is 16.2. The summed E-state index contributed by atoms with van der Waals surface area (Å²) in [7, 11) is 0. The maximum atomic E-state index is 13.0. The van der Waals surface area contributed by atoms with Crippen molar-refractivity contribution < 1.29 is 9.59 Å². The zero-order valence-electron chi connectivity index (χ0n) is 25.1. The summed E-state index contributed by atoms with van der Waals surface area (Å²) in [6.07, 6.45) is 3.28. The first-order valence-corrected chi connectivity index (χ1v) is 15.0. The van der Waals surface area contributed by atoms with Crippen LogP contribution in [0.25, 0.3) is 5.70 Å². The fraction of sp³-hybridized carbons (Fsp3) is 0.314. The summed E-state index contributed by atoms with van der Waals surface area (Å²) in [5, 5.41) is 25.8. The van der Waals surface area contributed by atoms with Gasteiger partial charge in [0.15, 0.2) is 0 Å². The number of primary amides is 1. The number of aryl methyl sites for hydroxylation is 3. The SMILES string of the molecule is C=C(N)c1ccc2c(c1)CCc1cc(C(N)=O)ccc1C2(CCNCC(=O)N1CCCC1C#N)C(=N)Nc1ccc(C)cc1. The number of benzene rings is 3. The van der Waals surface area contributed by atoms with Gasteiger partial charge in [-0.25, -0.2) is 0 Å². The van der Waals surface area contributed by atoms with E-state index in [0.717, 1.165) is 45.5 Å². The van der Waals surface area contributed by atoms with E-state index in [1.807, 2.05) is 61.5 Å². The number of carbonyl (C=O) groups is 2. The Labute approximate surface area is 258 Å². The average Bonchev–Trinajstić information content (AvgIpc) is 3.45. The van der Waals surface area contributed by atoms with Crippen molar-refractivity contribution in [2.45, 2.75) is 50.5 Å². The van der Waals surface area contributed by atoms with Crippen molar-refractivity contribution >= 4 is 29.0 Å². The molecule has 1 fully saturated rings. The summed E-state index contributed by atoms with van der Waals surface area (Å²) in [5.74, 6) is -0.337. The van der Waals surface area contributed by atoms with Crippen LogP contribution < -0.4 is 22.1 Å². The second kappa shape index (κ2) is 12.7. The number of rotatable bonds is 9. The Balaban J connectivity index is 1.58. The van der Waals surface area contributed by atoms with E-state index < -0.39 is 11.3 Å². The zero-order valence-corrected chi connectivity index (χ0v) is 25.1. The van der Waals surface area contributed by atoms with Gasteiger partial charge >= 0.3 is 0 Å². The molecule has 3 aromatic rings. The molecule has 0 spiro atoms. The van der Waals surface area contributed by atoms with E-state index in [1.165, 1.54) is 0 Å². The molecule has 0 radical (unpaired) electrons. The van der Waals surface area contributed by atoms with Gasteiger partial charge in [-0.3, -0.25) is 15.0 Å². The van der Waals surface area contributed by atoms with E-state index >= 15 is 0 Å². The average molecular weight is 590 g/mol. The Morgan fingerprint density at radius 2 is 1.68 bits per heavy atom. The lowest BCUT2D eigenvalue weighted by Crippen LogP contribution is -2.45. The van der Waals surface area contributed by atoms with Crippen LogP contribution in [0.15, 0.2) is 67.2 Å². The maximum absolute atomic E-state index is 13.0. The summed E-state index contributed by atoms with van der Waals surface area (Å²) >= 11 is 0. The number of fused-ring (bicyclic) bond motifs is 2. The normalized spacial score (nSPS) is 18.8. The first-order chi connectivity index (χ1) is 21.1. The lowest BCUT2D eigenvalue weighted by atomic mass is 9.68. The first-order valence-electron chi connectivity index (χ1n) is 15.0. The molecule has 9 heteroatoms. The van der Waals surface area contributed by atoms with Crippen molar-refractivity contribution in [1.82, 2.24) is 10.2 Å². The molecule has 1 heterocycles. The van der Waals surface area contributed by atoms with Crippen molar-refractivity contribution in [1.29, 1.82) is 10.7 Å². The third kappa shape index (κ3) is 5.94. The molecule has 3 aromatic carbocycles. The van der Waals surface area contributed by atoms with E-state index in [0.29, 0.717) is 50.0 Å². The van der Waals surface area contributed by atoms with Gasteiger partial charge in [-0.2, -0.15) is 5.26 Å². The lowest BCUT2D eigenvalue weighted by Gasteiger charge is -2.38. The van der Waals surface area contributed by atoms with E-state index in [1.54, 1.807) is 11.0 Å². The number of nitrogens with two attached hydrogens (primary N) is 2. The first kappa shape index (κ1) is 30.5. The van der Waals surface area contributed by atoms with Gasteiger partial charge in [0.25, 0.3) is 0 Å². The number of nitriles is 1. The Morgan fingerprint density at radius 1 is 1.05 bits per heavy atom. The predicted molar refractivity (Wildman–Crippen MR) is 173 cm³/mol. The van der Waals surface area contributed by atoms with Gasteiger partial charge in [0, 0.05) is 23.5 Å². The Morgan fingerprint density at radius 3 is 2.30 bits per heavy atom. The molecule has 226 valence electrons. The fourth-order valence-electron chi connectivity index (χ4n) is 6.53. The van der Waals surface area contributed by atoms with Crippen LogP contribution >= 0.6 is 0 Å². The van der Waals surface area contributed by atoms with Crippen molar-refractivity contribution in [3.63, 3.8) is 0 Å². The van der Waals surface area contributed by atoms with Gasteiger partial charge in [0.2, 0.25) is 11.8 Å². The lowest BCUT2D eigenvalue weighted by molar-refractivity contribution is -0.130. The molecule has 1 saturated heterocycles. The molecule has 1 aliphatic heterocycles. The quantitative estimate of drug-likeness (QED) is 0.144. The highest BCUT2D eigenvalue weighted by Crippen LogP contribution is 2.44. The van der Waals surface area contributed by atoms with Crippen LogP contribution in [0.2, 0.25) is 0 Å². The number of nitrogens with one attached hydrogen (secondary N) is 3. The van der Waals surface area contributed by atoms with Crippen LogP contribution in [-0.4, -0.2) is 48.2 Å². The number of hydrogen-bond acceptors (Lipinski definition) is 6. The fourth-order valence-corrected chi connectivity index (χ4v) is 6.53. The molecule has 5 rings (SSSR count). The molecule has 44 heavy (non-hydrogen) atoms. The van der Waals surface area contributed by atoms with Gasteiger partial charge < -0.3 is 27.0 Å². The van der Waals surface area contributed by atoms with Crippen molar-refractivity contribution in [3.05, 3.63) is 106 Å². The van der Waals surface area contributed by atoms with Gasteiger partial charge in [-0.1, -0.05) is 42.5 Å². The number of hydrogen-bond donors (Lipinski definition) is 5. The third-order valence-electron chi connectivity index (χ3n) is 8.87. The van der Waals surface area contributed by atoms with E-state index in [9.17, 15) is 20.3 Å². The zero-order chi connectivity index (χ0) is 31.4. The van der Waals surface area contributed by atoms with E-state index in [4.69, 9.17) is 11.5 Å². The molecule has 2 atom stereocenters. The predicted octanol–water partition coefficient (Wildman–Crippen LogP) is 3.99. The Bertz CT molecular complexity index is 1590. The van der Waals surface area contributed by atoms with Gasteiger partial charge in [0.1, 0.15) is 11.9 Å². The van der Waals surface area contributed by atoms with Crippen LogP contribution in [0.4, 0.5) is 5.69 Å². The smallest absolute Gasteiger partial charge is 0.248 e. The summed E-state index contributed by atoms with van der Waals surface area (Å²) in [6.45, 7) is 7.04. The van der Waals surface area contributed by atoms with Crippen LogP contribution in [-0.2, 0) is 23.1 Å². The second-order valence-corrected chi connectivity index (χ2v) is 11.7. The number of amidine groups is 1. The topological polar surface area (TPSA) is 161 Å². The minimum absolute atomic E-state index is 0.0965. The van der Waals surface area contributed by atoms with Crippen LogP contribution in [0, 0.1) is 23.7 Å². The number of likely N-dealkylation sites (tertiary alicyclic amines) is 1. The minimum atomic E-state index is -0.963. The molecule has 0 bridgehead atoms. The second-order valence-electron chi connectivity index (χ2n) is 11.7. The molecule has 1 aliphatic carbocycles. The highest BCUT2D eigenvalue weighted by Gasteiger charge is 2.43. The molecular weight excluding hydrogens is 550 g/mol. The van der Waals surface area contributed by atoms with E-state index in [-0.39, 0.29) is 24.3 Å². The van der Waals surface area contributed by atoms with Gasteiger partial charge in [-0.15, -0.1) is 0 Å². The highest BCUT2D eigenvalue weighted by molar-refractivity contribution is 6.05. The molecular formula is C35H39N7O2. The molecule has 0 aromatic heterocycles. The number of anilines is 1. The molecule has 9 nitrogen and oxygen atoms in total. The standard InChI is InChI=1S/C35H39N7O2/c1-22-5-11-28(12-6-22)41-34(39)35(15-16-40-21-32(43)42-17-3-4-29(42)20-36)30-13-9-24(23(2)37)18-25(30)7-8-26-19-27(33(38)44)10-14-31(26)35/h5-6,9-14,18-19,29,40H,2-4,7-8,15-17,21,37H2,1H3,(H2,38,44)(H2,39,41). The van der Waals surface area contributed by atoms with Gasteiger partial charge in [0.05, 0.1) is 18.0 Å². The van der Waals surface area contributed by atoms with Crippen molar-refractivity contribution in [3.8, 4) is 6.07 Å². The molecule has 0 saturated carbocycles. The molecule has 2 unspecified atom stereocenters. The van der Waals surface area contributed by atoms with E-state index in [2.05, 4.69) is 23.3 Å². The van der Waals surface area contributed by atoms with Gasteiger partial charge in [-0.05, 0) is 104 Å². The van der Waals surface area contributed by atoms with Crippen molar-refractivity contribution in [2.75, 3.05) is 25.0 Å². The minimum Gasteiger partial charge on any atom is -0.399 e. The molecule has 7 N–H and O–H groups in total. The Hall–Kier alpha value is -4.94. The summed E-state index contributed by atoms with van der Waals surface area (Å²) in [6, 6.07) is 21.2. The largest absolute Gasteiger partial charge is 0.399 e.